The van der Waals surface area contributed by atoms with Crippen molar-refractivity contribution in [2.24, 2.45) is 0 Å². The van der Waals surface area contributed by atoms with E-state index in [2.05, 4.69) is 34.3 Å². The molecule has 0 radical (unpaired) electrons. The normalized spacial score (nSPS) is 10.8. The maximum atomic E-state index is 12.4. The lowest BCUT2D eigenvalue weighted by Crippen LogP contribution is -2.14. The third-order valence-electron chi connectivity index (χ3n) is 3.60. The minimum Gasteiger partial charge on any atom is -0.298 e. The summed E-state index contributed by atoms with van der Waals surface area (Å²) in [5.41, 5.74) is 3.08. The zero-order valence-electron chi connectivity index (χ0n) is 13.8. The van der Waals surface area contributed by atoms with Crippen molar-refractivity contribution in [2.45, 2.75) is 26.7 Å². The predicted molar refractivity (Wildman–Crippen MR) is 96.4 cm³/mol. The van der Waals surface area contributed by atoms with Gasteiger partial charge in [0.25, 0.3) is 5.91 Å². The van der Waals surface area contributed by atoms with Crippen LogP contribution in [0.25, 0.3) is 11.3 Å². The van der Waals surface area contributed by atoms with Gasteiger partial charge in [0.05, 0.1) is 23.1 Å². The zero-order chi connectivity index (χ0) is 17.1. The van der Waals surface area contributed by atoms with E-state index in [0.717, 1.165) is 16.1 Å². The molecular weight excluding hydrogens is 320 g/mol. The van der Waals surface area contributed by atoms with Gasteiger partial charge in [0, 0.05) is 10.4 Å². The van der Waals surface area contributed by atoms with E-state index >= 15 is 0 Å². The van der Waals surface area contributed by atoms with Crippen molar-refractivity contribution in [3.63, 3.8) is 0 Å². The van der Waals surface area contributed by atoms with E-state index in [-0.39, 0.29) is 5.91 Å². The maximum absolute atomic E-state index is 12.4. The largest absolute Gasteiger partial charge is 0.298 e. The fourth-order valence-electron chi connectivity index (χ4n) is 2.39. The fourth-order valence-corrected chi connectivity index (χ4v) is 3.37. The van der Waals surface area contributed by atoms with Crippen LogP contribution >= 0.6 is 11.3 Å². The summed E-state index contributed by atoms with van der Waals surface area (Å²) in [7, 11) is 0. The molecule has 2 heterocycles. The summed E-state index contributed by atoms with van der Waals surface area (Å²) in [6, 6.07) is 11.7. The van der Waals surface area contributed by atoms with Crippen LogP contribution in [0.3, 0.4) is 0 Å². The van der Waals surface area contributed by atoms with E-state index < -0.39 is 0 Å². The van der Waals surface area contributed by atoms with Gasteiger partial charge >= 0.3 is 0 Å². The molecule has 6 heteroatoms. The molecule has 0 aliphatic rings. The van der Waals surface area contributed by atoms with Gasteiger partial charge in [-0.3, -0.25) is 10.1 Å². The van der Waals surface area contributed by atoms with E-state index in [4.69, 9.17) is 0 Å². The van der Waals surface area contributed by atoms with Crippen LogP contribution < -0.4 is 5.32 Å². The number of nitrogens with zero attached hydrogens (tertiary/aromatic N) is 3. The van der Waals surface area contributed by atoms with Crippen LogP contribution in [0.2, 0.25) is 0 Å². The molecule has 0 atom stereocenters. The number of hydrogen-bond donors (Lipinski definition) is 1. The molecule has 24 heavy (non-hydrogen) atoms. The molecule has 0 bridgehead atoms. The van der Waals surface area contributed by atoms with Crippen molar-refractivity contribution >= 4 is 22.4 Å². The molecule has 0 saturated carbocycles. The molecule has 1 N–H and O–H groups in total. The van der Waals surface area contributed by atoms with Crippen LogP contribution in [0.1, 0.15) is 40.7 Å². The number of thiazole rings is 1. The minimum absolute atomic E-state index is 0.217. The van der Waals surface area contributed by atoms with Crippen molar-refractivity contribution in [3.8, 4) is 11.3 Å². The Kier molecular flexibility index (Phi) is 4.66. The second-order valence-electron chi connectivity index (χ2n) is 5.74. The van der Waals surface area contributed by atoms with Gasteiger partial charge < -0.3 is 0 Å². The number of aromatic nitrogens is 3. The number of aryl methyl sites for hydroxylation is 1. The Morgan fingerprint density at radius 1 is 1.17 bits per heavy atom. The zero-order valence-corrected chi connectivity index (χ0v) is 14.6. The summed E-state index contributed by atoms with van der Waals surface area (Å²) in [5, 5.41) is 11.2. The molecule has 0 saturated heterocycles. The van der Waals surface area contributed by atoms with Crippen LogP contribution in [-0.4, -0.2) is 21.1 Å². The summed E-state index contributed by atoms with van der Waals surface area (Å²) in [6.07, 6.45) is 1.51. The first kappa shape index (κ1) is 16.3. The molecule has 0 unspecified atom stereocenters. The smallest absolute Gasteiger partial charge is 0.259 e. The summed E-state index contributed by atoms with van der Waals surface area (Å²) < 4.78 is 0. The SMILES string of the molecule is Cc1nnccc1C(=O)Nc1nc(-c2ccccc2)c(C(C)C)s1. The number of hydrogen-bond acceptors (Lipinski definition) is 5. The van der Waals surface area contributed by atoms with Gasteiger partial charge in [-0.15, -0.1) is 11.3 Å². The van der Waals surface area contributed by atoms with E-state index in [0.29, 0.717) is 22.3 Å². The molecule has 1 amide bonds. The molecule has 3 rings (SSSR count). The van der Waals surface area contributed by atoms with Gasteiger partial charge in [-0.25, -0.2) is 4.98 Å². The molecule has 0 fully saturated rings. The van der Waals surface area contributed by atoms with E-state index in [9.17, 15) is 4.79 Å². The van der Waals surface area contributed by atoms with Gasteiger partial charge in [-0.1, -0.05) is 44.2 Å². The van der Waals surface area contributed by atoms with Crippen molar-refractivity contribution in [2.75, 3.05) is 5.32 Å². The molecule has 0 aliphatic heterocycles. The first-order valence-electron chi connectivity index (χ1n) is 7.72. The third kappa shape index (κ3) is 3.33. The summed E-state index contributed by atoms with van der Waals surface area (Å²) >= 11 is 1.51. The molecular formula is C18H18N4OS. The van der Waals surface area contributed by atoms with Crippen LogP contribution in [0.4, 0.5) is 5.13 Å². The minimum atomic E-state index is -0.217. The standard InChI is InChI=1S/C18H18N4OS/c1-11(2)16-15(13-7-5-4-6-8-13)20-18(24-16)21-17(23)14-9-10-19-22-12(14)3/h4-11H,1-3H3,(H,20,21,23). The topological polar surface area (TPSA) is 67.8 Å². The number of benzene rings is 1. The molecule has 2 aromatic heterocycles. The highest BCUT2D eigenvalue weighted by molar-refractivity contribution is 7.16. The Balaban J connectivity index is 1.93. The lowest BCUT2D eigenvalue weighted by atomic mass is 10.1. The van der Waals surface area contributed by atoms with Gasteiger partial charge in [0.1, 0.15) is 0 Å². The van der Waals surface area contributed by atoms with Crippen molar-refractivity contribution < 1.29 is 4.79 Å². The Labute approximate surface area is 144 Å². The Hall–Kier alpha value is -2.60. The Morgan fingerprint density at radius 3 is 2.58 bits per heavy atom. The van der Waals surface area contributed by atoms with Crippen molar-refractivity contribution in [3.05, 3.63) is 58.7 Å². The monoisotopic (exact) mass is 338 g/mol. The first-order valence-corrected chi connectivity index (χ1v) is 8.53. The summed E-state index contributed by atoms with van der Waals surface area (Å²) in [5.74, 6) is 0.110. The number of nitrogens with one attached hydrogen (secondary N) is 1. The lowest BCUT2D eigenvalue weighted by Gasteiger charge is -2.04. The van der Waals surface area contributed by atoms with Gasteiger partial charge in [-0.2, -0.15) is 10.2 Å². The summed E-state index contributed by atoms with van der Waals surface area (Å²) in [6.45, 7) is 6.02. The third-order valence-corrected chi connectivity index (χ3v) is 4.87. The number of rotatable bonds is 4. The highest BCUT2D eigenvalue weighted by Gasteiger charge is 2.18. The Bertz CT molecular complexity index is 858. The molecule has 0 spiro atoms. The molecule has 3 aromatic rings. The number of carbonyl (C=O) groups excluding carboxylic acids is 1. The van der Waals surface area contributed by atoms with Crippen LogP contribution in [0.5, 0.6) is 0 Å². The average Bonchev–Trinajstić information content (AvgIpc) is 3.00. The highest BCUT2D eigenvalue weighted by Crippen LogP contribution is 2.36. The van der Waals surface area contributed by atoms with Gasteiger partial charge in [-0.05, 0) is 18.9 Å². The summed E-state index contributed by atoms with van der Waals surface area (Å²) in [4.78, 5) is 18.3. The average molecular weight is 338 g/mol. The molecule has 122 valence electrons. The molecule has 1 aromatic carbocycles. The van der Waals surface area contributed by atoms with Gasteiger partial charge in [0.2, 0.25) is 0 Å². The first-order chi connectivity index (χ1) is 11.6. The van der Waals surface area contributed by atoms with Crippen LogP contribution in [0.15, 0.2) is 42.6 Å². The second kappa shape index (κ2) is 6.88. The Morgan fingerprint density at radius 2 is 1.92 bits per heavy atom. The van der Waals surface area contributed by atoms with E-state index in [1.54, 1.807) is 13.0 Å². The van der Waals surface area contributed by atoms with Gasteiger partial charge in [0.15, 0.2) is 5.13 Å². The maximum Gasteiger partial charge on any atom is 0.259 e. The van der Waals surface area contributed by atoms with Crippen molar-refractivity contribution in [1.82, 2.24) is 15.2 Å². The van der Waals surface area contributed by atoms with E-state index in [1.165, 1.54) is 17.5 Å². The fraction of sp³-hybridized carbons (Fsp3) is 0.222. The highest BCUT2D eigenvalue weighted by atomic mass is 32.1. The number of anilines is 1. The lowest BCUT2D eigenvalue weighted by molar-refractivity contribution is 0.102. The molecule has 0 aliphatic carbocycles. The van der Waals surface area contributed by atoms with Crippen LogP contribution in [0, 0.1) is 6.92 Å². The number of carbonyl (C=O) groups is 1. The second-order valence-corrected chi connectivity index (χ2v) is 6.77. The van der Waals surface area contributed by atoms with E-state index in [1.807, 2.05) is 30.3 Å². The van der Waals surface area contributed by atoms with Crippen LogP contribution in [-0.2, 0) is 0 Å². The predicted octanol–water partition coefficient (Wildman–Crippen LogP) is 4.28. The molecule has 5 nitrogen and oxygen atoms in total. The number of amides is 1. The quantitative estimate of drug-likeness (QED) is 0.771. The van der Waals surface area contributed by atoms with Crippen molar-refractivity contribution in [1.29, 1.82) is 0 Å².